The first-order valence-corrected chi connectivity index (χ1v) is 14.6. The summed E-state index contributed by atoms with van der Waals surface area (Å²) in [7, 11) is -2.55. The number of nitrogens with zero attached hydrogens (tertiary/aromatic N) is 1. The topological polar surface area (TPSA) is 114 Å². The Bertz CT molecular complexity index is 1740. The zero-order chi connectivity index (χ0) is 34.3. The van der Waals surface area contributed by atoms with Gasteiger partial charge in [0.1, 0.15) is 29.8 Å². The third-order valence-corrected chi connectivity index (χ3v) is 8.00. The van der Waals surface area contributed by atoms with E-state index in [2.05, 4.69) is 0 Å². The van der Waals surface area contributed by atoms with Crippen LogP contribution in [-0.4, -0.2) is 57.1 Å². The second-order valence-electron chi connectivity index (χ2n) is 9.61. The minimum atomic E-state index is -5.19. The van der Waals surface area contributed by atoms with Gasteiger partial charge in [-0.05, 0) is 60.2 Å². The van der Waals surface area contributed by atoms with E-state index in [1.165, 1.54) is 67.9 Å². The number of fused-ring (bicyclic) bond motifs is 1. The van der Waals surface area contributed by atoms with Crippen LogP contribution in [0.3, 0.4) is 0 Å². The monoisotopic (exact) mass is 682 g/mol. The molecule has 0 unspecified atom stereocenters. The molecule has 0 radical (unpaired) electrons. The van der Waals surface area contributed by atoms with Gasteiger partial charge in [0, 0.05) is 23.6 Å². The molecule has 1 aromatic heterocycles. The number of rotatable bonds is 12. The quantitative estimate of drug-likeness (QED) is 0.179. The molecule has 0 atom stereocenters. The van der Waals surface area contributed by atoms with Crippen LogP contribution >= 0.6 is 0 Å². The molecule has 0 fully saturated rings. The van der Waals surface area contributed by atoms with Gasteiger partial charge < -0.3 is 24.7 Å². The van der Waals surface area contributed by atoms with Gasteiger partial charge in [-0.15, -0.1) is 0 Å². The largest absolute Gasteiger partial charge is 0.542 e. The summed E-state index contributed by atoms with van der Waals surface area (Å²) in [5.74, 6) is -7.27. The number of carbonyl (C=O) groups is 1. The Hall–Kier alpha value is -4.38. The summed E-state index contributed by atoms with van der Waals surface area (Å²) in [6.07, 6.45) is -7.08. The van der Waals surface area contributed by atoms with Gasteiger partial charge in [0.15, 0.2) is 6.61 Å². The van der Waals surface area contributed by atoms with Gasteiger partial charge in [-0.2, -0.15) is 22.0 Å². The van der Waals surface area contributed by atoms with Crippen molar-refractivity contribution in [2.75, 3.05) is 20.3 Å². The van der Waals surface area contributed by atoms with Gasteiger partial charge in [-0.1, -0.05) is 12.1 Å². The van der Waals surface area contributed by atoms with Gasteiger partial charge >= 0.3 is 18.5 Å². The Morgan fingerprint density at radius 2 is 1.63 bits per heavy atom. The third-order valence-electron chi connectivity index (χ3n) is 6.31. The third kappa shape index (κ3) is 9.32. The van der Waals surface area contributed by atoms with Gasteiger partial charge in [0.2, 0.25) is 0 Å². The number of quaternary nitrogens is 1. The Labute approximate surface area is 257 Å². The van der Waals surface area contributed by atoms with Crippen molar-refractivity contribution in [2.45, 2.75) is 36.4 Å². The maximum Gasteiger partial charge on any atom is 0.430 e. The smallest absolute Gasteiger partial charge is 0.430 e. The minimum Gasteiger partial charge on any atom is -0.542 e. The average Bonchev–Trinajstić information content (AvgIpc) is 3.36. The fraction of sp³-hybridized carbons (Fsp3) is 0.276. The van der Waals surface area contributed by atoms with E-state index in [9.17, 15) is 43.5 Å². The number of halogens is 8. The van der Waals surface area contributed by atoms with Crippen LogP contribution in [0.1, 0.15) is 11.1 Å². The standard InChI is InChI=1S/C27H25F5N2O4S.C2HF3O2/c1-37-21-6-8-23(9-7-21)39(35,36)34-16-19(24-10-5-20(28)14-25(24)34)11-12-33-15-18-3-2-4-22(13-18)38-17-27(31,32)26(29)30;3-2(4,5)1(6)7/h2-10,13-14,16,26,33H,11-12,15,17H2,1H3;(H,6,7). The number of aromatic nitrogens is 1. The van der Waals surface area contributed by atoms with E-state index in [1.54, 1.807) is 12.1 Å². The number of alkyl halides is 7. The summed E-state index contributed by atoms with van der Waals surface area (Å²) in [6, 6.07) is 16.1. The molecule has 4 aromatic rings. The van der Waals surface area contributed by atoms with Crippen LogP contribution in [0.4, 0.5) is 35.1 Å². The lowest BCUT2D eigenvalue weighted by Gasteiger charge is -2.16. The summed E-state index contributed by atoms with van der Waals surface area (Å²) >= 11 is 0. The first kappa shape index (κ1) is 36.1. The van der Waals surface area contributed by atoms with Crippen LogP contribution in [0.2, 0.25) is 0 Å². The highest BCUT2D eigenvalue weighted by Crippen LogP contribution is 2.28. The molecular formula is C29H26F8N2O6S. The Morgan fingerprint density at radius 1 is 0.978 bits per heavy atom. The molecule has 0 spiro atoms. The fourth-order valence-electron chi connectivity index (χ4n) is 4.03. The molecule has 250 valence electrons. The number of ether oxygens (including phenoxy) is 2. The van der Waals surface area contributed by atoms with Crippen LogP contribution in [0.5, 0.6) is 11.5 Å². The number of methoxy groups -OCH3 is 1. The number of benzene rings is 3. The van der Waals surface area contributed by atoms with E-state index < -0.39 is 46.9 Å². The fourth-order valence-corrected chi connectivity index (χ4v) is 5.41. The van der Waals surface area contributed by atoms with Crippen molar-refractivity contribution >= 4 is 26.9 Å². The molecule has 3 aromatic carbocycles. The van der Waals surface area contributed by atoms with Crippen LogP contribution < -0.4 is 19.9 Å². The summed E-state index contributed by atoms with van der Waals surface area (Å²) in [5.41, 5.74) is 1.63. The van der Waals surface area contributed by atoms with Crippen molar-refractivity contribution in [3.05, 3.63) is 89.9 Å². The predicted octanol–water partition coefficient (Wildman–Crippen LogP) is 3.91. The molecule has 0 aliphatic rings. The second kappa shape index (κ2) is 14.8. The van der Waals surface area contributed by atoms with E-state index in [0.29, 0.717) is 36.2 Å². The zero-order valence-corrected chi connectivity index (χ0v) is 24.6. The lowest BCUT2D eigenvalue weighted by atomic mass is 10.1. The number of carboxylic acids is 1. The van der Waals surface area contributed by atoms with Gasteiger partial charge in [-0.25, -0.2) is 25.6 Å². The number of aliphatic carboxylic acids is 1. The SMILES string of the molecule is COc1ccc(S(=O)(=O)n2cc(CC[NH2+]Cc3cccc(OCC(F)(F)C(F)F)c3)c3ccc(F)cc32)cc1.O=C([O-])C(F)(F)F. The highest BCUT2D eigenvalue weighted by Gasteiger charge is 2.41. The Balaban J connectivity index is 0.000000738. The van der Waals surface area contributed by atoms with Crippen molar-refractivity contribution in [1.29, 1.82) is 0 Å². The maximum absolute atomic E-state index is 14.1. The van der Waals surface area contributed by atoms with Crippen LogP contribution in [0, 0.1) is 5.82 Å². The first-order valence-electron chi connectivity index (χ1n) is 13.1. The lowest BCUT2D eigenvalue weighted by molar-refractivity contribution is -0.670. The van der Waals surface area contributed by atoms with Crippen molar-refractivity contribution in [3.63, 3.8) is 0 Å². The molecule has 0 bridgehead atoms. The zero-order valence-electron chi connectivity index (χ0n) is 23.7. The van der Waals surface area contributed by atoms with E-state index >= 15 is 0 Å². The molecule has 8 nitrogen and oxygen atoms in total. The molecule has 2 N–H and O–H groups in total. The molecule has 17 heteroatoms. The van der Waals surface area contributed by atoms with Gasteiger partial charge in [0.25, 0.3) is 10.0 Å². The Morgan fingerprint density at radius 3 is 2.22 bits per heavy atom. The summed E-state index contributed by atoms with van der Waals surface area (Å²) < 4.78 is 134. The molecule has 4 rings (SSSR count). The number of carbonyl (C=O) groups excluding carboxylic acids is 1. The second-order valence-corrected chi connectivity index (χ2v) is 11.4. The van der Waals surface area contributed by atoms with Crippen molar-refractivity contribution in [3.8, 4) is 11.5 Å². The average molecular weight is 683 g/mol. The Kier molecular flexibility index (Phi) is 11.6. The van der Waals surface area contributed by atoms with Crippen molar-refractivity contribution in [2.24, 2.45) is 0 Å². The molecular weight excluding hydrogens is 656 g/mol. The summed E-state index contributed by atoms with van der Waals surface area (Å²) in [5, 5.41) is 11.3. The molecule has 1 heterocycles. The molecule has 0 saturated heterocycles. The molecule has 0 saturated carbocycles. The summed E-state index contributed by atoms with van der Waals surface area (Å²) in [4.78, 5) is 8.81. The number of hydrogen-bond acceptors (Lipinski definition) is 6. The molecule has 0 amide bonds. The molecule has 0 aliphatic heterocycles. The minimum absolute atomic E-state index is 0.0241. The molecule has 0 aliphatic carbocycles. The first-order chi connectivity index (χ1) is 21.5. The van der Waals surface area contributed by atoms with E-state index in [-0.39, 0.29) is 16.2 Å². The highest BCUT2D eigenvalue weighted by atomic mass is 32.2. The predicted molar refractivity (Wildman–Crippen MR) is 146 cm³/mol. The van der Waals surface area contributed by atoms with Gasteiger partial charge in [-0.3, -0.25) is 0 Å². The number of nitrogens with two attached hydrogens (primary N) is 1. The van der Waals surface area contributed by atoms with Crippen LogP contribution in [-0.2, 0) is 27.8 Å². The summed E-state index contributed by atoms with van der Waals surface area (Å²) in [6.45, 7) is -0.477. The van der Waals surface area contributed by atoms with Crippen molar-refractivity contribution in [1.82, 2.24) is 3.97 Å². The van der Waals surface area contributed by atoms with E-state index in [0.717, 1.165) is 9.54 Å². The highest BCUT2D eigenvalue weighted by molar-refractivity contribution is 7.90. The maximum atomic E-state index is 14.1. The van der Waals surface area contributed by atoms with Crippen LogP contribution in [0.25, 0.3) is 10.9 Å². The normalized spacial score (nSPS) is 12.1. The number of hydrogen-bond donors (Lipinski definition) is 1. The lowest BCUT2D eigenvalue weighted by Crippen LogP contribution is -2.83. The van der Waals surface area contributed by atoms with E-state index in [1.807, 2.05) is 5.32 Å². The van der Waals surface area contributed by atoms with Crippen molar-refractivity contribution < 1.29 is 68.2 Å². The van der Waals surface area contributed by atoms with Crippen LogP contribution in [0.15, 0.2) is 77.8 Å². The van der Waals surface area contributed by atoms with Gasteiger partial charge in [0.05, 0.1) is 24.1 Å². The number of carboxylic acid groups (broad SMARTS) is 1. The molecule has 46 heavy (non-hydrogen) atoms. The van der Waals surface area contributed by atoms with E-state index in [4.69, 9.17) is 19.4 Å².